The third kappa shape index (κ3) is 5.10. The maximum absolute atomic E-state index is 13.0. The normalized spacial score (nSPS) is 11.4. The summed E-state index contributed by atoms with van der Waals surface area (Å²) in [4.78, 5) is 36.4. The second-order valence-electron chi connectivity index (χ2n) is 8.42. The van der Waals surface area contributed by atoms with Crippen molar-refractivity contribution in [3.63, 3.8) is 0 Å². The Kier molecular flexibility index (Phi) is 6.52. The molecule has 0 aliphatic heterocycles. The predicted molar refractivity (Wildman–Crippen MR) is 131 cm³/mol. The first-order chi connectivity index (χ1) is 15.8. The smallest absolute Gasteiger partial charge is 0.299 e. The minimum absolute atomic E-state index is 0.159. The molecule has 5 nitrogen and oxygen atoms in total. The fourth-order valence-electron chi connectivity index (χ4n) is 3.72. The van der Waals surface area contributed by atoms with Crippen LogP contribution in [-0.2, 0) is 16.6 Å². The van der Waals surface area contributed by atoms with E-state index >= 15 is 0 Å². The van der Waals surface area contributed by atoms with Gasteiger partial charge in [0.15, 0.2) is 5.82 Å². The molecule has 4 rings (SSSR count). The average Bonchev–Trinajstić information content (AvgIpc) is 2.84. The van der Waals surface area contributed by atoms with E-state index in [9.17, 15) is 9.59 Å². The number of aromatic nitrogens is 3. The first kappa shape index (κ1) is 22.6. The van der Waals surface area contributed by atoms with Gasteiger partial charge in [-0.15, -0.1) is 0 Å². The number of hydrogen-bond acceptors (Lipinski definition) is 4. The Morgan fingerprint density at radius 2 is 1.61 bits per heavy atom. The number of Topliss-reactive ketones (excluding diaryl/α,β-unsaturated/α-hetero) is 1. The number of rotatable bonds is 7. The molecular weight excluding hydrogens is 434 g/mol. The molecule has 0 saturated carbocycles. The minimum atomic E-state index is -0.570. The summed E-state index contributed by atoms with van der Waals surface area (Å²) in [7, 11) is 0. The second-order valence-corrected chi connectivity index (χ2v) is 8.83. The summed E-state index contributed by atoms with van der Waals surface area (Å²) < 4.78 is 0. The third-order valence-corrected chi connectivity index (χ3v) is 6.13. The SMILES string of the molecule is CC(C)(C(=O)CCc1ccc(Cl)c(-c2nc(-c3ccccc3)nc(=O)[nH]2)c1)c1ccccc1. The molecule has 0 aliphatic carbocycles. The van der Waals surface area contributed by atoms with Gasteiger partial charge >= 0.3 is 5.69 Å². The van der Waals surface area contributed by atoms with Gasteiger partial charge in [-0.2, -0.15) is 4.98 Å². The van der Waals surface area contributed by atoms with Crippen LogP contribution in [0.4, 0.5) is 0 Å². The molecule has 0 amide bonds. The zero-order chi connectivity index (χ0) is 23.4. The van der Waals surface area contributed by atoms with Crippen LogP contribution in [0, 0.1) is 0 Å². The number of nitrogens with one attached hydrogen (secondary N) is 1. The van der Waals surface area contributed by atoms with Crippen molar-refractivity contribution >= 4 is 17.4 Å². The van der Waals surface area contributed by atoms with Crippen molar-refractivity contribution in [1.82, 2.24) is 15.0 Å². The number of halogens is 1. The van der Waals surface area contributed by atoms with E-state index in [1.165, 1.54) is 0 Å². The Labute approximate surface area is 197 Å². The first-order valence-electron chi connectivity index (χ1n) is 10.8. The maximum Gasteiger partial charge on any atom is 0.348 e. The predicted octanol–water partition coefficient (Wildman–Crippen LogP) is 5.63. The molecular formula is C27H24ClN3O2. The molecule has 4 aromatic rings. The molecule has 0 saturated heterocycles. The fourth-order valence-corrected chi connectivity index (χ4v) is 3.93. The summed E-state index contributed by atoms with van der Waals surface area (Å²) in [5, 5.41) is 0.461. The summed E-state index contributed by atoms with van der Waals surface area (Å²) >= 11 is 6.45. The van der Waals surface area contributed by atoms with Gasteiger partial charge in [0.1, 0.15) is 11.6 Å². The highest BCUT2D eigenvalue weighted by molar-refractivity contribution is 6.33. The van der Waals surface area contributed by atoms with E-state index < -0.39 is 11.1 Å². The largest absolute Gasteiger partial charge is 0.348 e. The zero-order valence-corrected chi connectivity index (χ0v) is 19.3. The molecule has 0 spiro atoms. The van der Waals surface area contributed by atoms with Crippen molar-refractivity contribution in [2.75, 3.05) is 0 Å². The molecule has 1 aromatic heterocycles. The Hall–Kier alpha value is -3.57. The highest BCUT2D eigenvalue weighted by atomic mass is 35.5. The quantitative estimate of drug-likeness (QED) is 0.390. The van der Waals surface area contributed by atoms with Crippen LogP contribution in [0.5, 0.6) is 0 Å². The first-order valence-corrected chi connectivity index (χ1v) is 11.1. The summed E-state index contributed by atoms with van der Waals surface area (Å²) in [5.41, 5.74) is 2.21. The molecule has 1 heterocycles. The van der Waals surface area contributed by atoms with Crippen LogP contribution in [0.25, 0.3) is 22.8 Å². The topological polar surface area (TPSA) is 75.7 Å². The Bertz CT molecular complexity index is 1330. The number of hydrogen-bond donors (Lipinski definition) is 1. The van der Waals surface area contributed by atoms with Gasteiger partial charge in [0, 0.05) is 23.0 Å². The van der Waals surface area contributed by atoms with Gasteiger partial charge in [-0.05, 0) is 43.5 Å². The number of H-pyrrole nitrogens is 1. The maximum atomic E-state index is 13.0. The minimum Gasteiger partial charge on any atom is -0.299 e. The van der Waals surface area contributed by atoms with E-state index in [0.29, 0.717) is 35.1 Å². The van der Waals surface area contributed by atoms with Crippen molar-refractivity contribution in [2.24, 2.45) is 0 Å². The molecule has 0 aliphatic rings. The van der Waals surface area contributed by atoms with Crippen LogP contribution in [0.2, 0.25) is 5.02 Å². The highest BCUT2D eigenvalue weighted by Gasteiger charge is 2.28. The van der Waals surface area contributed by atoms with Crippen LogP contribution >= 0.6 is 11.6 Å². The van der Waals surface area contributed by atoms with Crippen molar-refractivity contribution < 1.29 is 4.79 Å². The Morgan fingerprint density at radius 3 is 2.30 bits per heavy atom. The number of benzene rings is 3. The molecule has 0 bridgehead atoms. The fraction of sp³-hybridized carbons (Fsp3) is 0.185. The van der Waals surface area contributed by atoms with Crippen molar-refractivity contribution in [3.8, 4) is 22.8 Å². The second kappa shape index (κ2) is 9.51. The monoisotopic (exact) mass is 457 g/mol. The molecule has 0 atom stereocenters. The Balaban J connectivity index is 1.59. The van der Waals surface area contributed by atoms with Gasteiger partial charge in [0.2, 0.25) is 0 Å². The number of carbonyl (C=O) groups excluding carboxylic acids is 1. The average molecular weight is 458 g/mol. The lowest BCUT2D eigenvalue weighted by Crippen LogP contribution is -2.29. The van der Waals surface area contributed by atoms with Gasteiger partial charge in [-0.3, -0.25) is 9.78 Å². The van der Waals surface area contributed by atoms with Gasteiger partial charge in [0.25, 0.3) is 0 Å². The molecule has 6 heteroatoms. The van der Waals surface area contributed by atoms with Crippen LogP contribution in [0.3, 0.4) is 0 Å². The molecule has 166 valence electrons. The van der Waals surface area contributed by atoms with E-state index in [2.05, 4.69) is 15.0 Å². The summed E-state index contributed by atoms with van der Waals surface area (Å²) in [5.74, 6) is 0.833. The number of carbonyl (C=O) groups is 1. The van der Waals surface area contributed by atoms with Crippen molar-refractivity contribution in [1.29, 1.82) is 0 Å². The van der Waals surface area contributed by atoms with Gasteiger partial charge in [-0.1, -0.05) is 78.3 Å². The van der Waals surface area contributed by atoms with Gasteiger partial charge in [0.05, 0.1) is 5.02 Å². The van der Waals surface area contributed by atoms with Crippen LogP contribution in [-0.4, -0.2) is 20.7 Å². The van der Waals surface area contributed by atoms with Crippen molar-refractivity contribution in [2.45, 2.75) is 32.1 Å². The molecule has 3 aromatic carbocycles. The van der Waals surface area contributed by atoms with Crippen LogP contribution in [0.1, 0.15) is 31.4 Å². The molecule has 33 heavy (non-hydrogen) atoms. The van der Waals surface area contributed by atoms with Gasteiger partial charge in [-0.25, -0.2) is 9.78 Å². The van der Waals surface area contributed by atoms with Crippen LogP contribution < -0.4 is 5.69 Å². The number of aromatic amines is 1. The lowest BCUT2D eigenvalue weighted by Gasteiger charge is -2.23. The summed E-state index contributed by atoms with van der Waals surface area (Å²) in [6.07, 6.45) is 0.943. The summed E-state index contributed by atoms with van der Waals surface area (Å²) in [6, 6.07) is 24.6. The number of aryl methyl sites for hydroxylation is 1. The highest BCUT2D eigenvalue weighted by Crippen LogP contribution is 2.29. The number of nitrogens with zero attached hydrogens (tertiary/aromatic N) is 2. The van der Waals surface area contributed by atoms with E-state index in [1.54, 1.807) is 6.07 Å². The standard InChI is InChI=1S/C27H24ClN3O2/c1-27(2,20-11-7-4-8-12-20)23(32)16-14-18-13-15-22(28)21(17-18)25-29-24(30-26(33)31-25)19-9-5-3-6-10-19/h3-13,15,17H,14,16H2,1-2H3,(H,29,30,31,33). The molecule has 0 radical (unpaired) electrons. The van der Waals surface area contributed by atoms with Gasteiger partial charge < -0.3 is 0 Å². The third-order valence-electron chi connectivity index (χ3n) is 5.80. The summed E-state index contributed by atoms with van der Waals surface area (Å²) in [6.45, 7) is 3.91. The zero-order valence-electron chi connectivity index (χ0n) is 18.5. The van der Waals surface area contributed by atoms with E-state index in [1.807, 2.05) is 86.6 Å². The molecule has 0 fully saturated rings. The lowest BCUT2D eigenvalue weighted by atomic mass is 9.78. The lowest BCUT2D eigenvalue weighted by molar-refractivity contribution is -0.123. The van der Waals surface area contributed by atoms with Crippen LogP contribution in [0.15, 0.2) is 83.7 Å². The molecule has 1 N–H and O–H groups in total. The van der Waals surface area contributed by atoms with Crippen molar-refractivity contribution in [3.05, 3.63) is 105 Å². The molecule has 0 unspecified atom stereocenters. The van der Waals surface area contributed by atoms with E-state index in [-0.39, 0.29) is 5.78 Å². The van der Waals surface area contributed by atoms with E-state index in [4.69, 9.17) is 11.6 Å². The Morgan fingerprint density at radius 1 is 0.939 bits per heavy atom. The van der Waals surface area contributed by atoms with E-state index in [0.717, 1.165) is 16.7 Å². The number of ketones is 1.